The molecule has 1 aliphatic carbocycles. The molecule has 0 unspecified atom stereocenters. The van der Waals surface area contributed by atoms with Gasteiger partial charge in [0.1, 0.15) is 12.3 Å². The molecule has 4 rings (SSSR count). The molecule has 0 radical (unpaired) electrons. The summed E-state index contributed by atoms with van der Waals surface area (Å²) in [6.07, 6.45) is 7.48. The van der Waals surface area contributed by atoms with Gasteiger partial charge in [0.05, 0.1) is 13.7 Å². The molecule has 2 aromatic carbocycles. The number of methoxy groups -OCH3 is 1. The van der Waals surface area contributed by atoms with Gasteiger partial charge in [-0.3, -0.25) is 9.59 Å². The van der Waals surface area contributed by atoms with Gasteiger partial charge in [-0.25, -0.2) is 0 Å². The van der Waals surface area contributed by atoms with Crippen LogP contribution in [-0.2, 0) is 17.9 Å². The Morgan fingerprint density at radius 1 is 1.00 bits per heavy atom. The predicted octanol–water partition coefficient (Wildman–Crippen LogP) is 6.66. The maximum absolute atomic E-state index is 14.0. The summed E-state index contributed by atoms with van der Waals surface area (Å²) >= 11 is 6.44. The van der Waals surface area contributed by atoms with Crippen molar-refractivity contribution < 1.29 is 14.3 Å². The van der Waals surface area contributed by atoms with Crippen molar-refractivity contribution in [1.82, 2.24) is 14.4 Å². The maximum atomic E-state index is 14.0. The number of amides is 2. The van der Waals surface area contributed by atoms with Gasteiger partial charge in [0.25, 0.3) is 5.91 Å². The number of benzene rings is 2. The predicted molar refractivity (Wildman–Crippen MR) is 156 cm³/mol. The number of aromatic nitrogens is 1. The van der Waals surface area contributed by atoms with E-state index in [2.05, 4.69) is 24.5 Å². The molecule has 0 spiro atoms. The van der Waals surface area contributed by atoms with Crippen molar-refractivity contribution in [3.05, 3.63) is 88.7 Å². The van der Waals surface area contributed by atoms with Crippen LogP contribution in [0.3, 0.4) is 0 Å². The first-order chi connectivity index (χ1) is 18.9. The third-order valence-corrected chi connectivity index (χ3v) is 7.79. The van der Waals surface area contributed by atoms with Crippen molar-refractivity contribution in [2.45, 2.75) is 65.1 Å². The van der Waals surface area contributed by atoms with Crippen LogP contribution in [-0.4, -0.2) is 52.4 Å². The van der Waals surface area contributed by atoms with E-state index in [1.54, 1.807) is 36.3 Å². The molecule has 0 atom stereocenters. The second-order valence-corrected chi connectivity index (χ2v) is 11.2. The molecule has 3 aromatic rings. The summed E-state index contributed by atoms with van der Waals surface area (Å²) in [5, 5.41) is 0.735. The minimum absolute atomic E-state index is 0.00472. The van der Waals surface area contributed by atoms with E-state index in [1.807, 2.05) is 41.4 Å². The highest BCUT2D eigenvalue weighted by Gasteiger charge is 2.29. The van der Waals surface area contributed by atoms with Crippen molar-refractivity contribution in [3.63, 3.8) is 0 Å². The summed E-state index contributed by atoms with van der Waals surface area (Å²) in [6.45, 7) is 5.86. The minimum atomic E-state index is -0.134. The summed E-state index contributed by atoms with van der Waals surface area (Å²) < 4.78 is 7.41. The molecule has 1 saturated carbocycles. The van der Waals surface area contributed by atoms with E-state index in [0.29, 0.717) is 30.9 Å². The Hall–Kier alpha value is -3.25. The summed E-state index contributed by atoms with van der Waals surface area (Å²) in [6, 6.07) is 19.2. The molecule has 208 valence electrons. The van der Waals surface area contributed by atoms with Crippen molar-refractivity contribution in [2.75, 3.05) is 20.2 Å². The minimum Gasteiger partial charge on any atom is -0.497 e. The second kappa shape index (κ2) is 13.7. The maximum Gasteiger partial charge on any atom is 0.254 e. The fraction of sp³-hybridized carbons (Fsp3) is 0.438. The van der Waals surface area contributed by atoms with Crippen molar-refractivity contribution >= 4 is 23.4 Å². The molecule has 7 heteroatoms. The first-order valence-electron chi connectivity index (χ1n) is 14.0. The van der Waals surface area contributed by atoms with Crippen LogP contribution in [0.5, 0.6) is 5.75 Å². The first kappa shape index (κ1) is 28.8. The van der Waals surface area contributed by atoms with E-state index in [1.165, 1.54) is 6.42 Å². The van der Waals surface area contributed by atoms with Crippen LogP contribution in [0.15, 0.2) is 66.9 Å². The molecule has 0 saturated heterocycles. The van der Waals surface area contributed by atoms with Gasteiger partial charge >= 0.3 is 0 Å². The smallest absolute Gasteiger partial charge is 0.254 e. The molecular formula is C32H40ClN3O3. The zero-order chi connectivity index (χ0) is 27.8. The average molecular weight is 550 g/mol. The highest BCUT2D eigenvalue weighted by molar-refractivity contribution is 6.31. The molecule has 6 nitrogen and oxygen atoms in total. The van der Waals surface area contributed by atoms with Crippen LogP contribution in [0.25, 0.3) is 0 Å². The molecule has 1 fully saturated rings. The fourth-order valence-corrected chi connectivity index (χ4v) is 5.57. The van der Waals surface area contributed by atoms with Crippen LogP contribution in [0.4, 0.5) is 0 Å². The van der Waals surface area contributed by atoms with Gasteiger partial charge in [-0.2, -0.15) is 0 Å². The fourth-order valence-electron chi connectivity index (χ4n) is 5.38. The summed E-state index contributed by atoms with van der Waals surface area (Å²) in [4.78, 5) is 31.2. The third-order valence-electron chi connectivity index (χ3n) is 7.43. The van der Waals surface area contributed by atoms with Crippen LogP contribution < -0.4 is 4.74 Å². The quantitative estimate of drug-likeness (QED) is 0.269. The van der Waals surface area contributed by atoms with Gasteiger partial charge in [-0.15, -0.1) is 0 Å². The summed E-state index contributed by atoms with van der Waals surface area (Å²) in [5.74, 6) is 0.789. The molecular weight excluding hydrogens is 510 g/mol. The lowest BCUT2D eigenvalue weighted by atomic mass is 9.94. The van der Waals surface area contributed by atoms with Gasteiger partial charge in [0.15, 0.2) is 0 Å². The molecule has 0 bridgehead atoms. The number of nitrogens with zero attached hydrogens (tertiary/aromatic N) is 3. The van der Waals surface area contributed by atoms with Crippen molar-refractivity contribution in [2.24, 2.45) is 5.92 Å². The van der Waals surface area contributed by atoms with E-state index in [4.69, 9.17) is 16.3 Å². The largest absolute Gasteiger partial charge is 0.497 e. The van der Waals surface area contributed by atoms with Crippen molar-refractivity contribution in [1.29, 1.82) is 0 Å². The highest BCUT2D eigenvalue weighted by Crippen LogP contribution is 2.26. The number of ether oxygens (including phenoxy) is 1. The lowest BCUT2D eigenvalue weighted by Crippen LogP contribution is -2.48. The van der Waals surface area contributed by atoms with Crippen LogP contribution >= 0.6 is 11.6 Å². The SMILES string of the molecule is COc1ccc(C(=O)N(CC(=O)N(Cc2cccn2Cc2ccccc2Cl)C2CCCCC2)CC(C)C)cc1. The first-order valence-corrected chi connectivity index (χ1v) is 14.3. The van der Waals surface area contributed by atoms with E-state index < -0.39 is 0 Å². The highest BCUT2D eigenvalue weighted by atomic mass is 35.5. The van der Waals surface area contributed by atoms with E-state index in [-0.39, 0.29) is 30.3 Å². The molecule has 1 aliphatic rings. The molecule has 0 N–H and O–H groups in total. The van der Waals surface area contributed by atoms with Gasteiger partial charge < -0.3 is 19.1 Å². The summed E-state index contributed by atoms with van der Waals surface area (Å²) in [5.41, 5.74) is 2.66. The Morgan fingerprint density at radius 2 is 1.72 bits per heavy atom. The number of rotatable bonds is 11. The lowest BCUT2D eigenvalue weighted by Gasteiger charge is -2.36. The summed E-state index contributed by atoms with van der Waals surface area (Å²) in [7, 11) is 1.60. The normalized spacial score (nSPS) is 13.9. The number of halogens is 1. The molecule has 1 heterocycles. The van der Waals surface area contributed by atoms with E-state index in [9.17, 15) is 9.59 Å². The van der Waals surface area contributed by atoms with Gasteiger partial charge in [-0.05, 0) is 66.8 Å². The standard InChI is InChI=1S/C32H40ClN3O3/c1-24(2)20-35(32(38)25-15-17-29(39-3)18-16-25)23-31(37)36(27-11-5-4-6-12-27)22-28-13-9-19-34(28)21-26-10-7-8-14-30(26)33/h7-10,13-19,24,27H,4-6,11-12,20-23H2,1-3H3. The van der Waals surface area contributed by atoms with Crippen LogP contribution in [0, 0.1) is 5.92 Å². The van der Waals surface area contributed by atoms with Crippen molar-refractivity contribution in [3.8, 4) is 5.75 Å². The molecule has 1 aromatic heterocycles. The number of carbonyl (C=O) groups excluding carboxylic acids is 2. The van der Waals surface area contributed by atoms with Crippen LogP contribution in [0.1, 0.15) is 67.6 Å². The zero-order valence-electron chi connectivity index (χ0n) is 23.3. The Kier molecular flexibility index (Phi) is 10.1. The Labute approximate surface area is 237 Å². The number of carbonyl (C=O) groups is 2. The topological polar surface area (TPSA) is 54.8 Å². The lowest BCUT2D eigenvalue weighted by molar-refractivity contribution is -0.135. The van der Waals surface area contributed by atoms with Crippen LogP contribution in [0.2, 0.25) is 5.02 Å². The second-order valence-electron chi connectivity index (χ2n) is 10.8. The number of hydrogen-bond donors (Lipinski definition) is 0. The molecule has 2 amide bonds. The van der Waals surface area contributed by atoms with Gasteiger partial charge in [0.2, 0.25) is 5.91 Å². The zero-order valence-corrected chi connectivity index (χ0v) is 24.1. The van der Waals surface area contributed by atoms with E-state index in [0.717, 1.165) is 42.0 Å². The number of hydrogen-bond acceptors (Lipinski definition) is 3. The Morgan fingerprint density at radius 3 is 2.38 bits per heavy atom. The van der Waals surface area contributed by atoms with Gasteiger partial charge in [-0.1, -0.05) is 62.9 Å². The monoisotopic (exact) mass is 549 g/mol. The van der Waals surface area contributed by atoms with E-state index >= 15 is 0 Å². The Bertz CT molecular complexity index is 1230. The third kappa shape index (κ3) is 7.66. The molecule has 0 aliphatic heterocycles. The Balaban J connectivity index is 1.56. The van der Waals surface area contributed by atoms with Gasteiger partial charge in [0, 0.05) is 41.6 Å². The molecule has 39 heavy (non-hydrogen) atoms. The average Bonchev–Trinajstić information content (AvgIpc) is 3.39.